The second-order valence-corrected chi connectivity index (χ2v) is 8.07. The zero-order valence-electron chi connectivity index (χ0n) is 14.9. The van der Waals surface area contributed by atoms with Gasteiger partial charge in [0.25, 0.3) is 5.91 Å². The van der Waals surface area contributed by atoms with Crippen molar-refractivity contribution in [1.82, 2.24) is 0 Å². The number of hydrogen-bond acceptors (Lipinski definition) is 3. The predicted octanol–water partition coefficient (Wildman–Crippen LogP) is 5.66. The topological polar surface area (TPSA) is 58.2 Å². The predicted molar refractivity (Wildman–Crippen MR) is 109 cm³/mol. The van der Waals surface area contributed by atoms with Crippen LogP contribution in [0.1, 0.15) is 59.1 Å². The first-order chi connectivity index (χ1) is 12.6. The Kier molecular flexibility index (Phi) is 6.33. The number of thiophene rings is 1. The van der Waals surface area contributed by atoms with Crippen molar-refractivity contribution < 1.29 is 9.59 Å². The minimum absolute atomic E-state index is 0.0809. The third kappa shape index (κ3) is 4.65. The molecule has 0 saturated heterocycles. The number of hydrogen-bond donors (Lipinski definition) is 2. The fourth-order valence-electron chi connectivity index (χ4n) is 3.09. The van der Waals surface area contributed by atoms with Crippen LogP contribution in [0, 0.1) is 0 Å². The van der Waals surface area contributed by atoms with Crippen LogP contribution in [0.25, 0.3) is 0 Å². The maximum absolute atomic E-state index is 12.7. The monoisotopic (exact) mass is 390 g/mol. The number of amides is 2. The summed E-state index contributed by atoms with van der Waals surface area (Å²) in [6.45, 7) is 1.79. The molecule has 4 nitrogen and oxygen atoms in total. The third-order valence-corrected chi connectivity index (χ3v) is 6.11. The summed E-state index contributed by atoms with van der Waals surface area (Å²) in [4.78, 5) is 26.3. The van der Waals surface area contributed by atoms with Crippen LogP contribution < -0.4 is 10.6 Å². The highest BCUT2D eigenvalue weighted by Crippen LogP contribution is 2.31. The largest absolute Gasteiger partial charge is 0.326 e. The number of carbonyl (C=O) groups excluding carboxylic acids is 2. The average Bonchev–Trinajstić information content (AvgIpc) is 3.00. The number of rotatable bonds is 4. The highest BCUT2D eigenvalue weighted by Gasteiger charge is 2.17. The zero-order valence-corrected chi connectivity index (χ0v) is 16.4. The first-order valence-electron chi connectivity index (χ1n) is 9.09. The Bertz CT molecular complexity index is 791. The number of anilines is 2. The van der Waals surface area contributed by atoms with Gasteiger partial charge in [0.05, 0.1) is 15.6 Å². The lowest BCUT2D eigenvalue weighted by molar-refractivity contribution is -0.115. The molecule has 0 fully saturated rings. The quantitative estimate of drug-likeness (QED) is 0.707. The van der Waals surface area contributed by atoms with Crippen molar-refractivity contribution in [3.63, 3.8) is 0 Å². The Morgan fingerprint density at radius 2 is 1.85 bits per heavy atom. The van der Waals surface area contributed by atoms with Gasteiger partial charge in [0, 0.05) is 17.0 Å². The van der Waals surface area contributed by atoms with Crippen LogP contribution in [-0.4, -0.2) is 11.8 Å². The lowest BCUT2D eigenvalue weighted by Crippen LogP contribution is -2.12. The minimum Gasteiger partial charge on any atom is -0.326 e. The molecule has 3 rings (SSSR count). The molecule has 2 amide bonds. The normalized spacial score (nSPS) is 14.1. The van der Waals surface area contributed by atoms with Crippen LogP contribution in [0.2, 0.25) is 5.02 Å². The van der Waals surface area contributed by atoms with Crippen molar-refractivity contribution in [2.75, 3.05) is 10.6 Å². The highest BCUT2D eigenvalue weighted by atomic mass is 35.5. The van der Waals surface area contributed by atoms with E-state index in [-0.39, 0.29) is 11.8 Å². The van der Waals surface area contributed by atoms with Crippen molar-refractivity contribution in [1.29, 1.82) is 0 Å². The fraction of sp³-hybridized carbons (Fsp3) is 0.400. The van der Waals surface area contributed by atoms with Gasteiger partial charge in [-0.15, -0.1) is 11.3 Å². The molecule has 2 N–H and O–H groups in total. The molecular formula is C20H23ClN2O2S. The van der Waals surface area contributed by atoms with Crippen molar-refractivity contribution in [3.8, 4) is 0 Å². The van der Waals surface area contributed by atoms with E-state index in [1.165, 1.54) is 36.1 Å². The molecule has 0 bridgehead atoms. The number of fused-ring (bicyclic) bond motifs is 1. The highest BCUT2D eigenvalue weighted by molar-refractivity contribution is 7.14. The number of benzene rings is 1. The number of aryl methyl sites for hydroxylation is 2. The summed E-state index contributed by atoms with van der Waals surface area (Å²) in [6, 6.07) is 7.12. The van der Waals surface area contributed by atoms with Gasteiger partial charge in [0.15, 0.2) is 0 Å². The van der Waals surface area contributed by atoms with Gasteiger partial charge in [0.1, 0.15) is 0 Å². The van der Waals surface area contributed by atoms with Crippen LogP contribution in [0.3, 0.4) is 0 Å². The summed E-state index contributed by atoms with van der Waals surface area (Å²) >= 11 is 7.80. The first-order valence-corrected chi connectivity index (χ1v) is 10.3. The Labute approximate surface area is 162 Å². The summed E-state index contributed by atoms with van der Waals surface area (Å²) in [7, 11) is 0. The minimum atomic E-state index is -0.150. The molecule has 0 radical (unpaired) electrons. The molecule has 0 saturated carbocycles. The molecule has 2 aromatic rings. The summed E-state index contributed by atoms with van der Waals surface area (Å²) in [6.07, 6.45) is 7.43. The molecule has 1 aromatic heterocycles. The van der Waals surface area contributed by atoms with Gasteiger partial charge in [0.2, 0.25) is 5.91 Å². The van der Waals surface area contributed by atoms with Gasteiger partial charge in [-0.05, 0) is 55.5 Å². The Morgan fingerprint density at radius 1 is 1.08 bits per heavy atom. The van der Waals surface area contributed by atoms with Gasteiger partial charge >= 0.3 is 0 Å². The lowest BCUT2D eigenvalue weighted by Gasteiger charge is -2.09. The van der Waals surface area contributed by atoms with E-state index in [2.05, 4.69) is 10.6 Å². The van der Waals surface area contributed by atoms with Gasteiger partial charge in [-0.25, -0.2) is 0 Å². The standard InChI is InChI=1S/C20H23ClN2O2S/c1-2-19(24)22-14-9-10-15(21)16(12-14)23-20(25)18-11-13-7-5-3-4-6-8-17(13)26-18/h9-12H,2-8H2,1H3,(H,22,24)(H,23,25). The molecule has 26 heavy (non-hydrogen) atoms. The van der Waals surface area contributed by atoms with Crippen LogP contribution in [-0.2, 0) is 17.6 Å². The molecule has 6 heteroatoms. The van der Waals surface area contributed by atoms with Gasteiger partial charge < -0.3 is 10.6 Å². The van der Waals surface area contributed by atoms with Crippen LogP contribution in [0.5, 0.6) is 0 Å². The number of halogens is 1. The average molecular weight is 391 g/mol. The summed E-state index contributed by atoms with van der Waals surface area (Å²) in [5.41, 5.74) is 2.44. The number of nitrogens with one attached hydrogen (secondary N) is 2. The Hall–Kier alpha value is -1.85. The second-order valence-electron chi connectivity index (χ2n) is 6.52. The summed E-state index contributed by atoms with van der Waals surface area (Å²) in [5, 5.41) is 6.11. The zero-order chi connectivity index (χ0) is 18.5. The lowest BCUT2D eigenvalue weighted by atomic mass is 10.00. The Morgan fingerprint density at radius 3 is 2.62 bits per heavy atom. The molecule has 1 aliphatic carbocycles. The van der Waals surface area contributed by atoms with Crippen molar-refractivity contribution in [2.45, 2.75) is 51.9 Å². The van der Waals surface area contributed by atoms with E-state index < -0.39 is 0 Å². The SMILES string of the molecule is CCC(=O)Nc1ccc(Cl)c(NC(=O)c2cc3c(s2)CCCCCC3)c1. The molecular weight excluding hydrogens is 368 g/mol. The van der Waals surface area contributed by atoms with Crippen LogP contribution >= 0.6 is 22.9 Å². The Balaban J connectivity index is 1.76. The first kappa shape index (κ1) is 18.9. The molecule has 0 atom stereocenters. The molecule has 0 unspecified atom stereocenters. The maximum atomic E-state index is 12.7. The third-order valence-electron chi connectivity index (χ3n) is 4.54. The molecule has 138 valence electrons. The maximum Gasteiger partial charge on any atom is 0.265 e. The van der Waals surface area contributed by atoms with E-state index in [4.69, 9.17) is 11.6 Å². The molecule has 1 heterocycles. The van der Waals surface area contributed by atoms with Crippen LogP contribution in [0.15, 0.2) is 24.3 Å². The van der Waals surface area contributed by atoms with Gasteiger partial charge in [-0.1, -0.05) is 31.4 Å². The van der Waals surface area contributed by atoms with Gasteiger partial charge in [-0.2, -0.15) is 0 Å². The van der Waals surface area contributed by atoms with E-state index in [9.17, 15) is 9.59 Å². The van der Waals surface area contributed by atoms with Crippen LogP contribution in [0.4, 0.5) is 11.4 Å². The van der Waals surface area contributed by atoms with Crippen molar-refractivity contribution in [3.05, 3.63) is 44.6 Å². The molecule has 1 aliphatic rings. The summed E-state index contributed by atoms with van der Waals surface area (Å²) < 4.78 is 0. The van der Waals surface area contributed by atoms with E-state index in [1.54, 1.807) is 36.5 Å². The van der Waals surface area contributed by atoms with Gasteiger partial charge in [-0.3, -0.25) is 9.59 Å². The second kappa shape index (κ2) is 8.69. The van der Waals surface area contributed by atoms with Crippen molar-refractivity contribution >= 4 is 46.1 Å². The summed E-state index contributed by atoms with van der Waals surface area (Å²) in [5.74, 6) is -0.231. The van der Waals surface area contributed by atoms with E-state index >= 15 is 0 Å². The molecule has 0 aliphatic heterocycles. The van der Waals surface area contributed by atoms with Crippen molar-refractivity contribution in [2.24, 2.45) is 0 Å². The fourth-order valence-corrected chi connectivity index (χ4v) is 4.40. The van der Waals surface area contributed by atoms with E-state index in [0.717, 1.165) is 17.7 Å². The smallest absolute Gasteiger partial charge is 0.265 e. The molecule has 0 spiro atoms. The number of carbonyl (C=O) groups is 2. The van der Waals surface area contributed by atoms with E-state index in [0.29, 0.717) is 22.8 Å². The molecule has 1 aromatic carbocycles. The van der Waals surface area contributed by atoms with E-state index in [1.807, 2.05) is 6.07 Å².